The van der Waals surface area contributed by atoms with Crippen molar-refractivity contribution in [3.8, 4) is 17.2 Å². The zero-order chi connectivity index (χ0) is 15.2. The molecule has 1 heterocycles. The first-order valence-corrected chi connectivity index (χ1v) is 7.58. The number of benzene rings is 1. The van der Waals surface area contributed by atoms with Gasteiger partial charge in [-0.15, -0.1) is 11.3 Å². The molecule has 1 aromatic carbocycles. The molecule has 21 heavy (non-hydrogen) atoms. The minimum absolute atomic E-state index is 0.587. The first-order chi connectivity index (χ1) is 10.2. The van der Waals surface area contributed by atoms with Gasteiger partial charge in [-0.3, -0.25) is 0 Å². The molecule has 0 radical (unpaired) electrons. The van der Waals surface area contributed by atoms with Crippen molar-refractivity contribution < 1.29 is 19.3 Å². The van der Waals surface area contributed by atoms with Gasteiger partial charge in [0.25, 0.3) is 0 Å². The normalized spacial score (nSPS) is 12.0. The fraction of sp³-hybridized carbons (Fsp3) is 0.375. The second-order valence-corrected chi connectivity index (χ2v) is 5.62. The maximum atomic E-state index is 10.4. The van der Waals surface area contributed by atoms with E-state index in [4.69, 9.17) is 14.2 Å². The summed E-state index contributed by atoms with van der Waals surface area (Å²) < 4.78 is 15.9. The molecule has 0 fully saturated rings. The fourth-order valence-corrected chi connectivity index (χ4v) is 2.93. The van der Waals surface area contributed by atoms with E-state index in [-0.39, 0.29) is 0 Å². The Morgan fingerprint density at radius 1 is 1.05 bits per heavy atom. The summed E-state index contributed by atoms with van der Waals surface area (Å²) in [6.07, 6.45) is 0.852. The van der Waals surface area contributed by atoms with Crippen LogP contribution >= 0.6 is 11.3 Å². The quantitative estimate of drug-likeness (QED) is 0.851. The first kappa shape index (κ1) is 15.7. The Morgan fingerprint density at radius 2 is 1.71 bits per heavy atom. The van der Waals surface area contributed by atoms with E-state index in [2.05, 4.69) is 6.07 Å². The van der Waals surface area contributed by atoms with Crippen molar-refractivity contribution in [3.63, 3.8) is 0 Å². The topological polar surface area (TPSA) is 47.9 Å². The van der Waals surface area contributed by atoms with E-state index < -0.39 is 6.10 Å². The number of ether oxygens (including phenoxy) is 3. The smallest absolute Gasteiger partial charge is 0.164 e. The van der Waals surface area contributed by atoms with Crippen LogP contribution in [0.2, 0.25) is 0 Å². The monoisotopic (exact) mass is 308 g/mol. The number of thiophene rings is 1. The third-order valence-corrected chi connectivity index (χ3v) is 4.28. The van der Waals surface area contributed by atoms with Gasteiger partial charge in [0.1, 0.15) is 5.75 Å². The minimum atomic E-state index is -0.609. The second kappa shape index (κ2) is 7.33. The van der Waals surface area contributed by atoms with Crippen LogP contribution in [0.3, 0.4) is 0 Å². The molecular weight excluding hydrogens is 288 g/mol. The lowest BCUT2D eigenvalue weighted by atomic mass is 10.0. The van der Waals surface area contributed by atoms with Crippen molar-refractivity contribution in [1.29, 1.82) is 0 Å². The number of hydrogen-bond acceptors (Lipinski definition) is 5. The lowest BCUT2D eigenvalue weighted by Crippen LogP contribution is -2.04. The van der Waals surface area contributed by atoms with Crippen molar-refractivity contribution in [1.82, 2.24) is 0 Å². The van der Waals surface area contributed by atoms with E-state index in [0.29, 0.717) is 29.2 Å². The van der Waals surface area contributed by atoms with Crippen LogP contribution in [0.5, 0.6) is 17.2 Å². The molecule has 1 aromatic heterocycles. The fourth-order valence-electron chi connectivity index (χ4n) is 2.20. The van der Waals surface area contributed by atoms with Crippen LogP contribution < -0.4 is 14.2 Å². The molecule has 1 atom stereocenters. The highest BCUT2D eigenvalue weighted by Crippen LogP contribution is 2.38. The number of aliphatic hydroxyl groups is 1. The molecule has 0 aliphatic rings. The standard InChI is InChI=1S/C16H20O4S/c1-18-14-10-16(20-3)15(19-2)9-12(14)13(17)7-6-11-5-4-8-21-11/h4-5,8-10,13,17H,6-7H2,1-3H3. The minimum Gasteiger partial charge on any atom is -0.496 e. The van der Waals surface area contributed by atoms with Crippen molar-refractivity contribution in [3.05, 3.63) is 40.1 Å². The van der Waals surface area contributed by atoms with Crippen molar-refractivity contribution >= 4 is 11.3 Å². The number of rotatable bonds is 7. The van der Waals surface area contributed by atoms with Crippen LogP contribution in [0, 0.1) is 0 Å². The second-order valence-electron chi connectivity index (χ2n) is 4.58. The highest BCUT2D eigenvalue weighted by Gasteiger charge is 2.18. The molecule has 0 bridgehead atoms. The van der Waals surface area contributed by atoms with Crippen LogP contribution in [0.1, 0.15) is 23.0 Å². The van der Waals surface area contributed by atoms with Gasteiger partial charge >= 0.3 is 0 Å². The molecule has 2 aromatic rings. The maximum absolute atomic E-state index is 10.4. The van der Waals surface area contributed by atoms with Gasteiger partial charge in [-0.05, 0) is 30.4 Å². The summed E-state index contributed by atoms with van der Waals surface area (Å²) in [4.78, 5) is 1.26. The first-order valence-electron chi connectivity index (χ1n) is 6.70. The van der Waals surface area contributed by atoms with E-state index in [0.717, 1.165) is 6.42 Å². The molecule has 0 saturated carbocycles. The van der Waals surface area contributed by atoms with Gasteiger partial charge in [0.2, 0.25) is 0 Å². The van der Waals surface area contributed by atoms with Crippen molar-refractivity contribution in [2.24, 2.45) is 0 Å². The molecule has 4 nitrogen and oxygen atoms in total. The van der Waals surface area contributed by atoms with E-state index in [9.17, 15) is 5.11 Å². The van der Waals surface area contributed by atoms with Crippen LogP contribution in [0.4, 0.5) is 0 Å². The van der Waals surface area contributed by atoms with Crippen molar-refractivity contribution in [2.45, 2.75) is 18.9 Å². The molecule has 1 unspecified atom stereocenters. The van der Waals surface area contributed by atoms with Gasteiger partial charge in [0, 0.05) is 16.5 Å². The van der Waals surface area contributed by atoms with Gasteiger partial charge in [-0.2, -0.15) is 0 Å². The molecule has 1 N–H and O–H groups in total. The summed E-state index contributed by atoms with van der Waals surface area (Å²) in [5.41, 5.74) is 0.715. The van der Waals surface area contributed by atoms with E-state index in [1.807, 2.05) is 11.4 Å². The summed E-state index contributed by atoms with van der Waals surface area (Å²) in [6.45, 7) is 0. The van der Waals surface area contributed by atoms with Gasteiger partial charge in [-0.25, -0.2) is 0 Å². The lowest BCUT2D eigenvalue weighted by molar-refractivity contribution is 0.163. The summed E-state index contributed by atoms with van der Waals surface area (Å²) in [7, 11) is 4.73. The van der Waals surface area contributed by atoms with Crippen LogP contribution in [0.25, 0.3) is 0 Å². The number of hydrogen-bond donors (Lipinski definition) is 1. The molecule has 0 saturated heterocycles. The van der Waals surface area contributed by atoms with Gasteiger partial charge in [-0.1, -0.05) is 6.07 Å². The molecule has 0 aliphatic carbocycles. The zero-order valence-corrected chi connectivity index (χ0v) is 13.3. The molecule has 0 spiro atoms. The molecular formula is C16H20O4S. The predicted molar refractivity (Wildman–Crippen MR) is 83.7 cm³/mol. The number of aliphatic hydroxyl groups excluding tert-OH is 1. The average Bonchev–Trinajstić information content (AvgIpc) is 3.04. The third-order valence-electron chi connectivity index (χ3n) is 3.34. The van der Waals surface area contributed by atoms with Crippen LogP contribution in [-0.2, 0) is 6.42 Å². The zero-order valence-electron chi connectivity index (χ0n) is 12.5. The van der Waals surface area contributed by atoms with Gasteiger partial charge in [0.05, 0.1) is 27.4 Å². The largest absolute Gasteiger partial charge is 0.496 e. The summed E-state index contributed by atoms with van der Waals surface area (Å²) in [5, 5.41) is 12.5. The SMILES string of the molecule is COc1cc(OC)c(C(O)CCc2cccs2)cc1OC. The lowest BCUT2D eigenvalue weighted by Gasteiger charge is -2.17. The number of aryl methyl sites for hydroxylation is 1. The number of methoxy groups -OCH3 is 3. The predicted octanol–water partition coefficient (Wildman–Crippen LogP) is 3.44. The van der Waals surface area contributed by atoms with Crippen molar-refractivity contribution in [2.75, 3.05) is 21.3 Å². The highest BCUT2D eigenvalue weighted by atomic mass is 32.1. The van der Waals surface area contributed by atoms with E-state index in [1.54, 1.807) is 44.8 Å². The molecule has 114 valence electrons. The van der Waals surface area contributed by atoms with E-state index in [1.165, 1.54) is 4.88 Å². The molecule has 5 heteroatoms. The Kier molecular flexibility index (Phi) is 5.47. The van der Waals surface area contributed by atoms with Gasteiger partial charge < -0.3 is 19.3 Å². The van der Waals surface area contributed by atoms with E-state index >= 15 is 0 Å². The summed E-state index contributed by atoms with van der Waals surface area (Å²) in [6, 6.07) is 7.60. The molecule has 2 rings (SSSR count). The van der Waals surface area contributed by atoms with Crippen LogP contribution in [0.15, 0.2) is 29.6 Å². The Bertz CT molecular complexity index is 566. The summed E-state index contributed by atoms with van der Waals surface area (Å²) >= 11 is 1.70. The average molecular weight is 308 g/mol. The van der Waals surface area contributed by atoms with Crippen LogP contribution in [-0.4, -0.2) is 26.4 Å². The van der Waals surface area contributed by atoms with Gasteiger partial charge in [0.15, 0.2) is 11.5 Å². The summed E-state index contributed by atoms with van der Waals surface area (Å²) in [5.74, 6) is 1.78. The highest BCUT2D eigenvalue weighted by molar-refractivity contribution is 7.09. The Hall–Kier alpha value is -1.72. The Morgan fingerprint density at radius 3 is 2.29 bits per heavy atom. The maximum Gasteiger partial charge on any atom is 0.164 e. The molecule has 0 amide bonds. The Balaban J connectivity index is 2.20. The third kappa shape index (κ3) is 3.68. The Labute approximate surface area is 128 Å². The molecule has 0 aliphatic heterocycles.